The molecule has 0 saturated heterocycles. The van der Waals surface area contributed by atoms with Gasteiger partial charge in [-0.2, -0.15) is 18.4 Å². The minimum atomic E-state index is -4.95. The van der Waals surface area contributed by atoms with Gasteiger partial charge < -0.3 is 0 Å². The highest BCUT2D eigenvalue weighted by molar-refractivity contribution is 7.84. The van der Waals surface area contributed by atoms with E-state index in [4.69, 9.17) is 16.9 Å². The predicted molar refractivity (Wildman–Crippen MR) is 75.8 cm³/mol. The van der Waals surface area contributed by atoms with E-state index in [1.165, 1.54) is 39.0 Å². The molecule has 3 nitrogen and oxygen atoms in total. The number of hydrogen-bond acceptors (Lipinski definition) is 2. The number of benzene rings is 1. The number of halogens is 4. The van der Waals surface area contributed by atoms with Crippen LogP contribution in [0.25, 0.3) is 0 Å². The van der Waals surface area contributed by atoms with E-state index in [0.29, 0.717) is 0 Å². The molecule has 0 fully saturated rings. The summed E-state index contributed by atoms with van der Waals surface area (Å²) >= 11 is 5.65. The van der Waals surface area contributed by atoms with Crippen LogP contribution in [0.15, 0.2) is 24.3 Å². The van der Waals surface area contributed by atoms with Gasteiger partial charge in [-0.3, -0.25) is 0 Å². The molecule has 0 saturated carbocycles. The lowest BCUT2D eigenvalue weighted by Gasteiger charge is -2.32. The molecule has 116 valence electrons. The van der Waals surface area contributed by atoms with Crippen molar-refractivity contribution in [3.63, 3.8) is 0 Å². The molecule has 1 rings (SSSR count). The molecule has 0 aliphatic carbocycles. The number of nitrogens with zero attached hydrogens (tertiary/aromatic N) is 1. The number of alkyl halides is 3. The summed E-state index contributed by atoms with van der Waals surface area (Å²) in [5.74, 6) is 0. The van der Waals surface area contributed by atoms with Crippen molar-refractivity contribution in [1.82, 2.24) is 4.72 Å². The van der Waals surface area contributed by atoms with Crippen molar-refractivity contribution in [2.45, 2.75) is 37.2 Å². The van der Waals surface area contributed by atoms with E-state index in [1.54, 1.807) is 0 Å². The molecule has 0 spiro atoms. The van der Waals surface area contributed by atoms with Gasteiger partial charge in [-0.25, -0.2) is 8.93 Å². The van der Waals surface area contributed by atoms with E-state index in [-0.39, 0.29) is 10.6 Å². The lowest BCUT2D eigenvalue weighted by molar-refractivity contribution is -0.176. The molecule has 0 aliphatic rings. The van der Waals surface area contributed by atoms with E-state index in [9.17, 15) is 17.4 Å². The van der Waals surface area contributed by atoms with Crippen molar-refractivity contribution in [3.8, 4) is 6.07 Å². The Morgan fingerprint density at radius 3 is 2.00 bits per heavy atom. The maximum atomic E-state index is 13.5. The Kier molecular flexibility index (Phi) is 5.09. The first-order valence-corrected chi connectivity index (χ1v) is 7.40. The van der Waals surface area contributed by atoms with Crippen LogP contribution < -0.4 is 4.72 Å². The first kappa shape index (κ1) is 18.0. The molecule has 0 amide bonds. The number of nitrogens with one attached hydrogen (secondary N) is 1. The predicted octanol–water partition coefficient (Wildman–Crippen LogP) is 3.67. The zero-order valence-electron chi connectivity index (χ0n) is 11.6. The van der Waals surface area contributed by atoms with Crippen LogP contribution in [0.3, 0.4) is 0 Å². The summed E-state index contributed by atoms with van der Waals surface area (Å²) in [5, 5.41) is 9.39. The van der Waals surface area contributed by atoms with Crippen LogP contribution in [-0.4, -0.2) is 15.1 Å². The molecule has 0 heterocycles. The second-order valence-corrected chi connectivity index (χ2v) is 7.75. The molecule has 0 bridgehead atoms. The number of hydrogen-bond donors (Lipinski definition) is 1. The van der Waals surface area contributed by atoms with Crippen LogP contribution in [0.5, 0.6) is 0 Å². The van der Waals surface area contributed by atoms with Crippen molar-refractivity contribution < 1.29 is 17.4 Å². The largest absolute Gasteiger partial charge is 0.425 e. The third-order valence-electron chi connectivity index (χ3n) is 2.67. The lowest BCUT2D eigenvalue weighted by Crippen LogP contribution is -2.56. The smallest absolute Gasteiger partial charge is 0.242 e. The van der Waals surface area contributed by atoms with Gasteiger partial charge in [-0.15, -0.1) is 0 Å². The molecule has 1 N–H and O–H groups in total. The molecule has 8 heteroatoms. The molecule has 0 aromatic heterocycles. The van der Waals surface area contributed by atoms with Gasteiger partial charge in [0, 0.05) is 5.02 Å². The van der Waals surface area contributed by atoms with Crippen LogP contribution in [0, 0.1) is 11.3 Å². The van der Waals surface area contributed by atoms with Crippen molar-refractivity contribution in [1.29, 1.82) is 5.26 Å². The Bertz CT molecular complexity index is 575. The Morgan fingerprint density at radius 2 is 1.67 bits per heavy atom. The highest BCUT2D eigenvalue weighted by Gasteiger charge is 2.58. The third-order valence-corrected chi connectivity index (χ3v) is 4.53. The second kappa shape index (κ2) is 5.95. The monoisotopic (exact) mass is 338 g/mol. The maximum Gasteiger partial charge on any atom is 0.425 e. The third kappa shape index (κ3) is 3.76. The molecule has 0 aliphatic heterocycles. The molecule has 0 radical (unpaired) electrons. The van der Waals surface area contributed by atoms with E-state index in [1.807, 2.05) is 4.72 Å². The first-order valence-electron chi connectivity index (χ1n) is 5.88. The van der Waals surface area contributed by atoms with Crippen molar-refractivity contribution in [2.75, 3.05) is 0 Å². The lowest BCUT2D eigenvalue weighted by atomic mass is 9.92. The highest BCUT2D eigenvalue weighted by Crippen LogP contribution is 2.40. The molecule has 2 atom stereocenters. The van der Waals surface area contributed by atoms with Gasteiger partial charge in [0.1, 0.15) is 6.07 Å². The van der Waals surface area contributed by atoms with Gasteiger partial charge in [0.15, 0.2) is 0 Å². The summed E-state index contributed by atoms with van der Waals surface area (Å²) in [7, 11) is -2.08. The number of rotatable bonds is 3. The van der Waals surface area contributed by atoms with E-state index in [2.05, 4.69) is 0 Å². The molecular weight excluding hydrogens is 325 g/mol. The summed E-state index contributed by atoms with van der Waals surface area (Å²) in [6.45, 7) is 4.53. The number of nitriles is 1. The van der Waals surface area contributed by atoms with Crippen LogP contribution in [0.2, 0.25) is 5.02 Å². The first-order chi connectivity index (χ1) is 9.44. The summed E-state index contributed by atoms with van der Waals surface area (Å²) in [6, 6.07) is 5.89. The zero-order valence-corrected chi connectivity index (χ0v) is 13.2. The van der Waals surface area contributed by atoms with E-state index >= 15 is 0 Å². The maximum absolute atomic E-state index is 13.5. The van der Waals surface area contributed by atoms with Crippen molar-refractivity contribution in [2.24, 2.45) is 0 Å². The van der Waals surface area contributed by atoms with E-state index in [0.717, 1.165) is 12.1 Å². The Balaban J connectivity index is 3.41. The molecule has 1 unspecified atom stereocenters. The summed E-state index contributed by atoms with van der Waals surface area (Å²) < 4.78 is 53.4. The average Bonchev–Trinajstić information content (AvgIpc) is 2.34. The minimum absolute atomic E-state index is 0.240. The fraction of sp³-hybridized carbons (Fsp3) is 0.462. The Labute approximate surface area is 128 Å². The molecule has 1 aromatic rings. The van der Waals surface area contributed by atoms with Gasteiger partial charge in [0.05, 0.1) is 15.7 Å². The van der Waals surface area contributed by atoms with Gasteiger partial charge >= 0.3 is 6.18 Å². The van der Waals surface area contributed by atoms with E-state index < -0.39 is 27.4 Å². The topological polar surface area (TPSA) is 52.9 Å². The highest BCUT2D eigenvalue weighted by atomic mass is 35.5. The van der Waals surface area contributed by atoms with Gasteiger partial charge in [0.25, 0.3) is 0 Å². The van der Waals surface area contributed by atoms with Gasteiger partial charge in [-0.1, -0.05) is 23.7 Å². The summed E-state index contributed by atoms with van der Waals surface area (Å²) in [5.41, 5.74) is -3.42. The fourth-order valence-corrected chi connectivity index (χ4v) is 2.41. The molecule has 1 aromatic carbocycles. The van der Waals surface area contributed by atoms with Crippen LogP contribution in [0.4, 0.5) is 13.2 Å². The normalized spacial score (nSPS) is 16.9. The zero-order chi connectivity index (χ0) is 16.5. The Hall–Kier alpha value is -1.10. The molecule has 21 heavy (non-hydrogen) atoms. The van der Waals surface area contributed by atoms with Crippen LogP contribution in [0.1, 0.15) is 26.3 Å². The Morgan fingerprint density at radius 1 is 1.19 bits per heavy atom. The quantitative estimate of drug-likeness (QED) is 0.914. The van der Waals surface area contributed by atoms with Crippen LogP contribution in [-0.2, 0) is 16.5 Å². The van der Waals surface area contributed by atoms with Gasteiger partial charge in [0.2, 0.25) is 5.54 Å². The minimum Gasteiger partial charge on any atom is -0.242 e. The average molecular weight is 339 g/mol. The van der Waals surface area contributed by atoms with Crippen LogP contribution >= 0.6 is 11.6 Å². The fourth-order valence-electron chi connectivity index (χ4n) is 1.42. The summed E-state index contributed by atoms with van der Waals surface area (Å²) in [4.78, 5) is 0. The summed E-state index contributed by atoms with van der Waals surface area (Å²) in [6.07, 6.45) is -4.95. The second-order valence-electron chi connectivity index (χ2n) is 5.35. The molecular formula is C13H14ClF3N2OS. The van der Waals surface area contributed by atoms with Crippen molar-refractivity contribution >= 4 is 22.6 Å². The standard InChI is InChI=1S/C13H14ClF3N2OS/c1-11(2,3)21(20)19-12(8-18,13(15,16)17)9-4-6-10(14)7-5-9/h4-7,19H,1-3H3/t12-,21?/m0/s1. The SMILES string of the molecule is CC(C)(C)S(=O)N[C@@](C#N)(c1ccc(Cl)cc1)C(F)(F)F. The van der Waals surface area contributed by atoms with Gasteiger partial charge in [-0.05, 0) is 38.5 Å². The van der Waals surface area contributed by atoms with Crippen molar-refractivity contribution in [3.05, 3.63) is 34.9 Å².